The lowest BCUT2D eigenvalue weighted by Gasteiger charge is -2.20. The molecule has 1 fully saturated rings. The first-order valence-electron chi connectivity index (χ1n) is 6.76. The molecule has 1 heterocycles. The number of rotatable bonds is 3. The summed E-state index contributed by atoms with van der Waals surface area (Å²) in [5, 5.41) is 11.8. The Labute approximate surface area is 111 Å². The second-order valence-electron chi connectivity index (χ2n) is 4.95. The quantitative estimate of drug-likeness (QED) is 0.778. The van der Waals surface area contributed by atoms with E-state index in [1.54, 1.807) is 0 Å². The second-order valence-corrected chi connectivity index (χ2v) is 4.95. The predicted octanol–water partition coefficient (Wildman–Crippen LogP) is 1.95. The van der Waals surface area contributed by atoms with Gasteiger partial charge in [0.25, 0.3) is 5.91 Å². The molecule has 0 unspecified atom stereocenters. The number of hydrogen-bond acceptors (Lipinski definition) is 3. The van der Waals surface area contributed by atoms with Gasteiger partial charge in [0.1, 0.15) is 0 Å². The zero-order chi connectivity index (χ0) is 13.7. The van der Waals surface area contributed by atoms with Crippen LogP contribution in [0.5, 0.6) is 0 Å². The number of aromatic amines is 1. The number of aromatic nitrogens is 2. The minimum Gasteiger partial charge on any atom is -0.477 e. The van der Waals surface area contributed by atoms with Crippen LogP contribution in [0.4, 0.5) is 0 Å². The Kier molecular flexibility index (Phi) is 4.54. The number of carbonyl (C=O) groups excluding carboxylic acids is 1. The summed E-state index contributed by atoms with van der Waals surface area (Å²) in [5.41, 5.74) is -0.182. The molecule has 2 rings (SSSR count). The van der Waals surface area contributed by atoms with Crippen LogP contribution in [0.15, 0.2) is 6.33 Å². The van der Waals surface area contributed by atoms with Crippen LogP contribution >= 0.6 is 0 Å². The van der Waals surface area contributed by atoms with Crippen molar-refractivity contribution in [3.63, 3.8) is 0 Å². The summed E-state index contributed by atoms with van der Waals surface area (Å²) >= 11 is 0. The van der Waals surface area contributed by atoms with Crippen molar-refractivity contribution >= 4 is 11.9 Å². The van der Waals surface area contributed by atoms with Gasteiger partial charge in [0.15, 0.2) is 11.4 Å². The molecule has 0 spiro atoms. The second kappa shape index (κ2) is 6.36. The van der Waals surface area contributed by atoms with Crippen LogP contribution in [0.1, 0.15) is 65.9 Å². The van der Waals surface area contributed by atoms with E-state index in [1.165, 1.54) is 25.6 Å². The summed E-state index contributed by atoms with van der Waals surface area (Å²) in [6, 6.07) is 0.131. The smallest absolute Gasteiger partial charge is 0.354 e. The third-order valence-electron chi connectivity index (χ3n) is 3.51. The number of carbonyl (C=O) groups is 2. The van der Waals surface area contributed by atoms with Crippen LogP contribution in [0.3, 0.4) is 0 Å². The van der Waals surface area contributed by atoms with Crippen molar-refractivity contribution in [1.29, 1.82) is 0 Å². The van der Waals surface area contributed by atoms with Crippen molar-refractivity contribution in [1.82, 2.24) is 15.3 Å². The first kappa shape index (κ1) is 13.6. The van der Waals surface area contributed by atoms with Gasteiger partial charge in [-0.3, -0.25) is 4.79 Å². The molecule has 1 aromatic heterocycles. The molecule has 0 atom stereocenters. The maximum atomic E-state index is 12.0. The molecule has 1 amide bonds. The van der Waals surface area contributed by atoms with Crippen LogP contribution in [0.2, 0.25) is 0 Å². The molecule has 19 heavy (non-hydrogen) atoms. The Hall–Kier alpha value is -1.85. The summed E-state index contributed by atoms with van der Waals surface area (Å²) in [4.78, 5) is 29.2. The van der Waals surface area contributed by atoms with E-state index in [2.05, 4.69) is 15.3 Å². The standard InChI is InChI=1S/C13H19N3O3/c17-12(10-11(13(18)19)15-8-14-10)16-9-6-4-2-1-3-5-7-9/h8-9H,1-7H2,(H,14,15)(H,16,17)(H,18,19). The monoisotopic (exact) mass is 265 g/mol. The topological polar surface area (TPSA) is 95.1 Å². The summed E-state index contributed by atoms with van der Waals surface area (Å²) in [5.74, 6) is -1.57. The fraction of sp³-hybridized carbons (Fsp3) is 0.615. The highest BCUT2D eigenvalue weighted by molar-refractivity contribution is 6.02. The third-order valence-corrected chi connectivity index (χ3v) is 3.51. The number of carboxylic acids is 1. The average Bonchev–Trinajstić information content (AvgIpc) is 2.81. The largest absolute Gasteiger partial charge is 0.477 e. The van der Waals surface area contributed by atoms with Crippen LogP contribution in [-0.4, -0.2) is 33.0 Å². The van der Waals surface area contributed by atoms with Gasteiger partial charge in [0.2, 0.25) is 0 Å². The van der Waals surface area contributed by atoms with Crippen molar-refractivity contribution in [3.05, 3.63) is 17.7 Å². The first-order valence-corrected chi connectivity index (χ1v) is 6.76. The summed E-state index contributed by atoms with van der Waals surface area (Å²) < 4.78 is 0. The number of nitrogens with zero attached hydrogens (tertiary/aromatic N) is 1. The highest BCUT2D eigenvalue weighted by Crippen LogP contribution is 2.17. The predicted molar refractivity (Wildman–Crippen MR) is 69.1 cm³/mol. The van der Waals surface area contributed by atoms with Crippen LogP contribution in [-0.2, 0) is 0 Å². The molecule has 0 bridgehead atoms. The van der Waals surface area contributed by atoms with Gasteiger partial charge in [-0.15, -0.1) is 0 Å². The van der Waals surface area contributed by atoms with E-state index in [0.717, 1.165) is 25.7 Å². The van der Waals surface area contributed by atoms with E-state index >= 15 is 0 Å². The third kappa shape index (κ3) is 3.56. The number of nitrogens with one attached hydrogen (secondary N) is 2. The Morgan fingerprint density at radius 2 is 1.84 bits per heavy atom. The van der Waals surface area contributed by atoms with E-state index in [0.29, 0.717) is 0 Å². The van der Waals surface area contributed by atoms with Crippen molar-refractivity contribution in [2.45, 2.75) is 51.0 Å². The van der Waals surface area contributed by atoms with Gasteiger partial charge in [0, 0.05) is 6.04 Å². The van der Waals surface area contributed by atoms with Gasteiger partial charge < -0.3 is 15.4 Å². The maximum absolute atomic E-state index is 12.0. The Morgan fingerprint density at radius 1 is 1.21 bits per heavy atom. The van der Waals surface area contributed by atoms with Crippen LogP contribution < -0.4 is 5.32 Å². The maximum Gasteiger partial charge on any atom is 0.354 e. The molecule has 6 heteroatoms. The van der Waals surface area contributed by atoms with E-state index < -0.39 is 11.9 Å². The minimum absolute atomic E-state index is 0.0328. The van der Waals surface area contributed by atoms with Crippen molar-refractivity contribution < 1.29 is 14.7 Å². The fourth-order valence-electron chi connectivity index (χ4n) is 2.48. The Bertz CT molecular complexity index is 448. The van der Waals surface area contributed by atoms with E-state index in [9.17, 15) is 9.59 Å². The number of hydrogen-bond donors (Lipinski definition) is 3. The number of carboxylic acid groups (broad SMARTS) is 1. The molecule has 1 aliphatic rings. The SMILES string of the molecule is O=C(NC1CCCCCCC1)c1nc[nH]c1C(=O)O. The van der Waals surface area contributed by atoms with Crippen molar-refractivity contribution in [2.75, 3.05) is 0 Å². The van der Waals surface area contributed by atoms with Gasteiger partial charge in [-0.25, -0.2) is 9.78 Å². The molecule has 0 radical (unpaired) electrons. The normalized spacial score (nSPS) is 17.5. The average molecular weight is 265 g/mol. The lowest BCUT2D eigenvalue weighted by atomic mass is 9.96. The summed E-state index contributed by atoms with van der Waals surface area (Å²) in [6.07, 6.45) is 9.04. The highest BCUT2D eigenvalue weighted by Gasteiger charge is 2.22. The molecule has 6 nitrogen and oxygen atoms in total. The molecule has 1 saturated carbocycles. The zero-order valence-electron chi connectivity index (χ0n) is 10.8. The molecule has 0 saturated heterocycles. The summed E-state index contributed by atoms with van der Waals surface area (Å²) in [7, 11) is 0. The molecule has 0 aromatic carbocycles. The zero-order valence-corrected chi connectivity index (χ0v) is 10.8. The van der Waals surface area contributed by atoms with Gasteiger partial charge in [-0.1, -0.05) is 32.1 Å². The molecular weight excluding hydrogens is 246 g/mol. The summed E-state index contributed by atoms with van der Waals surface area (Å²) in [6.45, 7) is 0. The van der Waals surface area contributed by atoms with Gasteiger partial charge in [-0.2, -0.15) is 0 Å². The van der Waals surface area contributed by atoms with E-state index in [-0.39, 0.29) is 17.4 Å². The number of H-pyrrole nitrogens is 1. The molecule has 104 valence electrons. The number of aromatic carboxylic acids is 1. The van der Waals surface area contributed by atoms with Crippen molar-refractivity contribution in [3.8, 4) is 0 Å². The lowest BCUT2D eigenvalue weighted by Crippen LogP contribution is -2.36. The van der Waals surface area contributed by atoms with E-state index in [4.69, 9.17) is 5.11 Å². The Balaban J connectivity index is 1.99. The first-order chi connectivity index (χ1) is 9.18. The fourth-order valence-corrected chi connectivity index (χ4v) is 2.48. The number of imidazole rings is 1. The molecule has 0 aliphatic heterocycles. The molecule has 1 aliphatic carbocycles. The molecule has 3 N–H and O–H groups in total. The lowest BCUT2D eigenvalue weighted by molar-refractivity contribution is 0.0684. The minimum atomic E-state index is -1.17. The van der Waals surface area contributed by atoms with Crippen LogP contribution in [0, 0.1) is 0 Å². The van der Waals surface area contributed by atoms with E-state index in [1.807, 2.05) is 0 Å². The van der Waals surface area contributed by atoms with Gasteiger partial charge in [-0.05, 0) is 12.8 Å². The number of amides is 1. The van der Waals surface area contributed by atoms with Gasteiger partial charge >= 0.3 is 5.97 Å². The van der Waals surface area contributed by atoms with Gasteiger partial charge in [0.05, 0.1) is 6.33 Å². The van der Waals surface area contributed by atoms with Crippen molar-refractivity contribution in [2.24, 2.45) is 0 Å². The molecule has 1 aromatic rings. The van der Waals surface area contributed by atoms with Crippen LogP contribution in [0.25, 0.3) is 0 Å². The Morgan fingerprint density at radius 3 is 2.47 bits per heavy atom. The highest BCUT2D eigenvalue weighted by atomic mass is 16.4. The molecular formula is C13H19N3O3.